The summed E-state index contributed by atoms with van der Waals surface area (Å²) in [4.78, 5) is 12.8. The average Bonchev–Trinajstić information content (AvgIpc) is 3.00. The summed E-state index contributed by atoms with van der Waals surface area (Å²) in [6.45, 7) is 6.99. The zero-order chi connectivity index (χ0) is 19.0. The molecule has 27 heavy (non-hydrogen) atoms. The topological polar surface area (TPSA) is 65.4 Å². The van der Waals surface area contributed by atoms with Crippen LogP contribution in [0.15, 0.2) is 42.5 Å². The number of aryl methyl sites for hydroxylation is 3. The number of nitrogens with zero attached hydrogens (tertiary/aromatic N) is 2. The molecule has 6 heteroatoms. The summed E-state index contributed by atoms with van der Waals surface area (Å²) < 4.78 is 12.8. The van der Waals surface area contributed by atoms with Gasteiger partial charge in [0.1, 0.15) is 19.0 Å². The number of hydrogen-bond donors (Lipinski definition) is 1. The number of benzene rings is 2. The highest BCUT2D eigenvalue weighted by Crippen LogP contribution is 2.31. The lowest BCUT2D eigenvalue weighted by atomic mass is 10.1. The van der Waals surface area contributed by atoms with E-state index in [9.17, 15) is 4.79 Å². The van der Waals surface area contributed by atoms with Crippen LogP contribution in [0.2, 0.25) is 0 Å². The van der Waals surface area contributed by atoms with E-state index in [-0.39, 0.29) is 5.91 Å². The molecule has 0 radical (unpaired) electrons. The normalized spacial score (nSPS) is 12.7. The van der Waals surface area contributed by atoms with E-state index >= 15 is 0 Å². The third-order valence-corrected chi connectivity index (χ3v) is 4.33. The summed E-state index contributed by atoms with van der Waals surface area (Å²) in [5.74, 6) is 1.65. The van der Waals surface area contributed by atoms with Gasteiger partial charge < -0.3 is 14.8 Å². The van der Waals surface area contributed by atoms with Crippen LogP contribution in [-0.4, -0.2) is 28.9 Å². The van der Waals surface area contributed by atoms with Crippen molar-refractivity contribution >= 4 is 11.7 Å². The highest BCUT2D eigenvalue weighted by molar-refractivity contribution is 6.04. The fourth-order valence-corrected chi connectivity index (χ4v) is 3.23. The van der Waals surface area contributed by atoms with Crippen molar-refractivity contribution in [3.63, 3.8) is 0 Å². The number of ether oxygens (including phenoxy) is 2. The van der Waals surface area contributed by atoms with E-state index in [4.69, 9.17) is 9.47 Å². The molecule has 0 unspecified atom stereocenters. The molecule has 0 saturated carbocycles. The monoisotopic (exact) mass is 363 g/mol. The van der Waals surface area contributed by atoms with E-state index in [1.165, 1.54) is 0 Å². The molecule has 4 rings (SSSR count). The van der Waals surface area contributed by atoms with E-state index in [1.54, 1.807) is 22.9 Å². The molecule has 0 saturated heterocycles. The minimum absolute atomic E-state index is 0.225. The van der Waals surface area contributed by atoms with Gasteiger partial charge in [-0.1, -0.05) is 6.07 Å². The Balaban J connectivity index is 1.64. The van der Waals surface area contributed by atoms with Crippen LogP contribution in [0.4, 0.5) is 5.82 Å². The summed E-state index contributed by atoms with van der Waals surface area (Å²) >= 11 is 0. The third-order valence-electron chi connectivity index (χ3n) is 4.33. The Morgan fingerprint density at radius 3 is 2.41 bits per heavy atom. The summed E-state index contributed by atoms with van der Waals surface area (Å²) in [6, 6.07) is 13.2. The smallest absolute Gasteiger partial charge is 0.256 e. The molecule has 1 amide bonds. The second-order valence-corrected chi connectivity index (χ2v) is 6.74. The van der Waals surface area contributed by atoms with Crippen molar-refractivity contribution < 1.29 is 14.3 Å². The van der Waals surface area contributed by atoms with E-state index < -0.39 is 0 Å². The first-order valence-electron chi connectivity index (χ1n) is 8.86. The number of carbonyl (C=O) groups is 1. The van der Waals surface area contributed by atoms with Crippen molar-refractivity contribution in [2.75, 3.05) is 18.5 Å². The highest BCUT2D eigenvalue weighted by Gasteiger charge is 2.17. The largest absolute Gasteiger partial charge is 0.486 e. The zero-order valence-electron chi connectivity index (χ0n) is 15.6. The van der Waals surface area contributed by atoms with Crippen molar-refractivity contribution in [2.24, 2.45) is 0 Å². The predicted octanol–water partition coefficient (Wildman–Crippen LogP) is 3.82. The number of fused-ring (bicyclic) bond motifs is 1. The van der Waals surface area contributed by atoms with Gasteiger partial charge in [-0.05, 0) is 62.2 Å². The zero-order valence-corrected chi connectivity index (χ0v) is 15.6. The van der Waals surface area contributed by atoms with Gasteiger partial charge >= 0.3 is 0 Å². The number of hydrogen-bond acceptors (Lipinski definition) is 4. The molecular formula is C21H21N3O3. The highest BCUT2D eigenvalue weighted by atomic mass is 16.6. The molecule has 0 spiro atoms. The molecule has 0 fully saturated rings. The molecule has 0 bridgehead atoms. The fraction of sp³-hybridized carbons (Fsp3) is 0.238. The van der Waals surface area contributed by atoms with Gasteiger partial charge in [0.15, 0.2) is 11.5 Å². The van der Waals surface area contributed by atoms with Crippen LogP contribution in [-0.2, 0) is 0 Å². The van der Waals surface area contributed by atoms with Crippen molar-refractivity contribution in [1.82, 2.24) is 9.78 Å². The van der Waals surface area contributed by atoms with E-state index in [1.807, 2.05) is 39.0 Å². The second kappa shape index (κ2) is 6.79. The molecule has 1 aliphatic rings. The lowest BCUT2D eigenvalue weighted by Crippen LogP contribution is -2.18. The van der Waals surface area contributed by atoms with Gasteiger partial charge in [-0.3, -0.25) is 4.79 Å². The minimum atomic E-state index is -0.225. The Morgan fingerprint density at radius 1 is 0.963 bits per heavy atom. The Labute approximate surface area is 157 Å². The standard InChI is InChI=1S/C21H21N3O3/c1-13-8-14(2)10-17(9-13)24-20(11-15(3)23-24)22-21(25)16-4-5-18-19(12-16)27-7-6-26-18/h4-5,8-12H,6-7H2,1-3H3,(H,22,25). The minimum Gasteiger partial charge on any atom is -0.486 e. The van der Waals surface area contributed by atoms with Crippen LogP contribution in [0.5, 0.6) is 11.5 Å². The Hall–Kier alpha value is -3.28. The van der Waals surface area contributed by atoms with E-state index in [0.717, 1.165) is 22.5 Å². The fourth-order valence-electron chi connectivity index (χ4n) is 3.23. The van der Waals surface area contributed by atoms with Gasteiger partial charge in [-0.2, -0.15) is 5.10 Å². The molecule has 1 aromatic heterocycles. The van der Waals surface area contributed by atoms with Crippen LogP contribution in [0.25, 0.3) is 5.69 Å². The van der Waals surface area contributed by atoms with E-state index in [2.05, 4.69) is 16.5 Å². The van der Waals surface area contributed by atoms with Gasteiger partial charge in [0.2, 0.25) is 0 Å². The molecular weight excluding hydrogens is 342 g/mol. The Kier molecular flexibility index (Phi) is 4.32. The number of nitrogens with one attached hydrogen (secondary N) is 1. The predicted molar refractivity (Wildman–Crippen MR) is 103 cm³/mol. The number of aromatic nitrogens is 2. The first-order chi connectivity index (χ1) is 13.0. The van der Waals surface area contributed by atoms with Crippen molar-refractivity contribution in [2.45, 2.75) is 20.8 Å². The van der Waals surface area contributed by atoms with Gasteiger partial charge in [0, 0.05) is 11.6 Å². The molecule has 3 aromatic rings. The van der Waals surface area contributed by atoms with Gasteiger partial charge in [0.25, 0.3) is 5.91 Å². The molecule has 0 atom stereocenters. The van der Waals surface area contributed by atoms with Gasteiger partial charge in [0.05, 0.1) is 11.4 Å². The summed E-state index contributed by atoms with van der Waals surface area (Å²) in [5, 5.41) is 7.49. The van der Waals surface area contributed by atoms with Gasteiger partial charge in [-0.15, -0.1) is 0 Å². The SMILES string of the molecule is Cc1cc(C)cc(-n2nc(C)cc2NC(=O)c2ccc3c(c2)OCCO3)c1. The molecule has 0 aliphatic carbocycles. The number of carbonyl (C=O) groups excluding carboxylic acids is 1. The van der Waals surface area contributed by atoms with Crippen molar-refractivity contribution in [1.29, 1.82) is 0 Å². The van der Waals surface area contributed by atoms with Crippen molar-refractivity contribution in [3.05, 3.63) is 64.8 Å². The first-order valence-corrected chi connectivity index (χ1v) is 8.86. The number of amides is 1. The molecule has 138 valence electrons. The molecule has 1 aliphatic heterocycles. The maximum Gasteiger partial charge on any atom is 0.256 e. The van der Waals surface area contributed by atoms with Crippen LogP contribution in [0, 0.1) is 20.8 Å². The molecule has 6 nitrogen and oxygen atoms in total. The lowest BCUT2D eigenvalue weighted by molar-refractivity contribution is 0.102. The van der Waals surface area contributed by atoms with Crippen LogP contribution < -0.4 is 14.8 Å². The lowest BCUT2D eigenvalue weighted by Gasteiger charge is -2.18. The van der Waals surface area contributed by atoms with Gasteiger partial charge in [-0.25, -0.2) is 4.68 Å². The molecule has 2 heterocycles. The third kappa shape index (κ3) is 3.51. The second-order valence-electron chi connectivity index (χ2n) is 6.74. The summed E-state index contributed by atoms with van der Waals surface area (Å²) in [7, 11) is 0. The average molecular weight is 363 g/mol. The number of rotatable bonds is 3. The summed E-state index contributed by atoms with van der Waals surface area (Å²) in [5.41, 5.74) is 4.53. The molecule has 1 N–H and O–H groups in total. The maximum atomic E-state index is 12.8. The Bertz CT molecular complexity index is 1000. The maximum absolute atomic E-state index is 12.8. The Morgan fingerprint density at radius 2 is 1.67 bits per heavy atom. The van der Waals surface area contributed by atoms with E-state index in [0.29, 0.717) is 36.1 Å². The van der Waals surface area contributed by atoms with Crippen LogP contribution in [0.1, 0.15) is 27.2 Å². The summed E-state index contributed by atoms with van der Waals surface area (Å²) in [6.07, 6.45) is 0. The quantitative estimate of drug-likeness (QED) is 0.768. The van der Waals surface area contributed by atoms with Crippen LogP contribution in [0.3, 0.4) is 0 Å². The molecule has 2 aromatic carbocycles. The number of anilines is 1. The van der Waals surface area contributed by atoms with Crippen molar-refractivity contribution in [3.8, 4) is 17.2 Å². The van der Waals surface area contributed by atoms with Crippen LogP contribution >= 0.6 is 0 Å². The first kappa shape index (κ1) is 17.1.